The molecule has 1 aromatic rings. The summed E-state index contributed by atoms with van der Waals surface area (Å²) in [6.45, 7) is 15.9. The standard InChI is InChI=1S/C28H45IN4O4/c1-17(2)21(14-18(3)26(36)37)33(10)25(35)23(27(4,5)6)32-24(34)22(30-9)28(7,8)20-13-11-12-19(15-20)16-31-29/h11-15,17,21-23,30-31H,16H2,1-10H3,(H,32,34)(H,36,37)/b18-14+/t21-,22-,23-/m1/s1. The molecule has 0 spiro atoms. The molecular weight excluding hydrogens is 583 g/mol. The predicted molar refractivity (Wildman–Crippen MR) is 157 cm³/mol. The molecule has 0 aliphatic rings. The average molecular weight is 629 g/mol. The summed E-state index contributed by atoms with van der Waals surface area (Å²) in [6.07, 6.45) is 1.60. The van der Waals surface area contributed by atoms with E-state index in [9.17, 15) is 19.5 Å². The minimum atomic E-state index is -1.02. The van der Waals surface area contributed by atoms with E-state index in [0.29, 0.717) is 6.54 Å². The lowest BCUT2D eigenvalue weighted by atomic mass is 9.76. The van der Waals surface area contributed by atoms with Crippen molar-refractivity contribution in [3.63, 3.8) is 0 Å². The zero-order chi connectivity index (χ0) is 28.7. The van der Waals surface area contributed by atoms with Gasteiger partial charge in [-0.25, -0.2) is 4.79 Å². The summed E-state index contributed by atoms with van der Waals surface area (Å²) in [5.41, 5.74) is 1.15. The Labute approximate surface area is 236 Å². The first kappa shape index (κ1) is 33.0. The normalized spacial score (nSPS) is 15.2. The number of carboxylic acid groups (broad SMARTS) is 1. The van der Waals surface area contributed by atoms with Crippen molar-refractivity contribution in [1.82, 2.24) is 19.1 Å². The van der Waals surface area contributed by atoms with Gasteiger partial charge in [-0.15, -0.1) is 0 Å². The van der Waals surface area contributed by atoms with Gasteiger partial charge in [-0.1, -0.05) is 78.8 Å². The summed E-state index contributed by atoms with van der Waals surface area (Å²) in [6, 6.07) is 6.28. The molecule has 0 saturated carbocycles. The van der Waals surface area contributed by atoms with Crippen molar-refractivity contribution >= 4 is 40.6 Å². The number of nitrogens with zero attached hydrogens (tertiary/aromatic N) is 1. The van der Waals surface area contributed by atoms with E-state index < -0.39 is 34.9 Å². The van der Waals surface area contributed by atoms with Crippen LogP contribution in [0.4, 0.5) is 0 Å². The predicted octanol–water partition coefficient (Wildman–Crippen LogP) is 4.04. The minimum Gasteiger partial charge on any atom is -0.478 e. The summed E-state index contributed by atoms with van der Waals surface area (Å²) >= 11 is 2.11. The number of carbonyl (C=O) groups excluding carboxylic acids is 2. The highest BCUT2D eigenvalue weighted by atomic mass is 127. The fraction of sp³-hybridized carbons (Fsp3) is 0.607. The van der Waals surface area contributed by atoms with Gasteiger partial charge in [0.2, 0.25) is 11.8 Å². The molecule has 8 nitrogen and oxygen atoms in total. The molecule has 1 rings (SSSR count). The number of benzene rings is 1. The lowest BCUT2D eigenvalue weighted by Gasteiger charge is -2.40. The first-order valence-corrected chi connectivity index (χ1v) is 13.7. The molecule has 0 aliphatic carbocycles. The molecule has 0 saturated heterocycles. The van der Waals surface area contributed by atoms with Gasteiger partial charge in [0.1, 0.15) is 6.04 Å². The van der Waals surface area contributed by atoms with Crippen LogP contribution in [-0.4, -0.2) is 60.0 Å². The summed E-state index contributed by atoms with van der Waals surface area (Å²) in [7, 11) is 3.41. The van der Waals surface area contributed by atoms with E-state index in [4.69, 9.17) is 0 Å². The molecule has 1 aromatic carbocycles. The lowest BCUT2D eigenvalue weighted by Crippen LogP contribution is -2.61. The van der Waals surface area contributed by atoms with E-state index in [2.05, 4.69) is 43.1 Å². The van der Waals surface area contributed by atoms with Crippen LogP contribution < -0.4 is 14.2 Å². The van der Waals surface area contributed by atoms with Crippen molar-refractivity contribution < 1.29 is 19.5 Å². The SMILES string of the molecule is CN[C@H](C(=O)N[C@H](C(=O)N(C)[C@H](/C=C(\C)C(=O)O)C(C)C)C(C)(C)C)C(C)(C)c1cccc(CNI)c1. The first-order valence-electron chi connectivity index (χ1n) is 12.6. The van der Waals surface area contributed by atoms with E-state index in [1.54, 1.807) is 25.1 Å². The van der Waals surface area contributed by atoms with Crippen molar-refractivity contribution in [3.05, 3.63) is 47.0 Å². The largest absolute Gasteiger partial charge is 0.478 e. The van der Waals surface area contributed by atoms with Crippen LogP contribution in [0.25, 0.3) is 0 Å². The third-order valence-corrected chi connectivity index (χ3v) is 7.23. The van der Waals surface area contributed by atoms with Crippen LogP contribution >= 0.6 is 22.9 Å². The average Bonchev–Trinajstić information content (AvgIpc) is 2.79. The molecule has 0 aromatic heterocycles. The monoisotopic (exact) mass is 628 g/mol. The zero-order valence-electron chi connectivity index (χ0n) is 23.9. The molecule has 0 bridgehead atoms. The van der Waals surface area contributed by atoms with Gasteiger partial charge in [-0.3, -0.25) is 13.1 Å². The van der Waals surface area contributed by atoms with Crippen molar-refractivity contribution in [2.24, 2.45) is 11.3 Å². The Morgan fingerprint density at radius 2 is 1.70 bits per heavy atom. The topological polar surface area (TPSA) is 111 Å². The number of halogens is 1. The number of hydrogen-bond donors (Lipinski definition) is 4. The number of hydrogen-bond acceptors (Lipinski definition) is 5. The van der Waals surface area contributed by atoms with Gasteiger partial charge in [-0.2, -0.15) is 0 Å². The zero-order valence-corrected chi connectivity index (χ0v) is 26.1. The second-order valence-corrected chi connectivity index (χ2v) is 12.4. The molecule has 9 heteroatoms. The Kier molecular flexibility index (Phi) is 12.2. The summed E-state index contributed by atoms with van der Waals surface area (Å²) in [5.74, 6) is -1.58. The molecule has 0 unspecified atom stereocenters. The maximum Gasteiger partial charge on any atom is 0.331 e. The molecule has 0 fully saturated rings. The molecule has 3 atom stereocenters. The molecular formula is C28H45IN4O4. The summed E-state index contributed by atoms with van der Waals surface area (Å²) < 4.78 is 3.13. The van der Waals surface area contributed by atoms with E-state index in [0.717, 1.165) is 11.1 Å². The quantitative estimate of drug-likeness (QED) is 0.158. The third-order valence-electron chi connectivity index (χ3n) is 6.85. The van der Waals surface area contributed by atoms with Gasteiger partial charge in [0.05, 0.1) is 12.1 Å². The summed E-state index contributed by atoms with van der Waals surface area (Å²) in [4.78, 5) is 40.5. The van der Waals surface area contributed by atoms with Crippen LogP contribution in [0.15, 0.2) is 35.9 Å². The van der Waals surface area contributed by atoms with Crippen LogP contribution in [-0.2, 0) is 26.3 Å². The van der Waals surface area contributed by atoms with Gasteiger partial charge < -0.3 is 20.6 Å². The van der Waals surface area contributed by atoms with Gasteiger partial charge in [0.15, 0.2) is 0 Å². The van der Waals surface area contributed by atoms with E-state index in [1.807, 2.05) is 66.7 Å². The number of carboxylic acids is 1. The number of amides is 2. The molecule has 208 valence electrons. The Balaban J connectivity index is 3.33. The lowest BCUT2D eigenvalue weighted by molar-refractivity contribution is -0.141. The van der Waals surface area contributed by atoms with E-state index >= 15 is 0 Å². The minimum absolute atomic E-state index is 0.0205. The van der Waals surface area contributed by atoms with Crippen LogP contribution in [0, 0.1) is 11.3 Å². The Morgan fingerprint density at radius 1 is 1.11 bits per heavy atom. The van der Waals surface area contributed by atoms with Gasteiger partial charge >= 0.3 is 5.97 Å². The van der Waals surface area contributed by atoms with Crippen LogP contribution in [0.5, 0.6) is 0 Å². The molecule has 2 amide bonds. The maximum absolute atomic E-state index is 13.8. The highest BCUT2D eigenvalue weighted by Gasteiger charge is 2.41. The molecule has 0 aliphatic heterocycles. The number of likely N-dealkylation sites (N-methyl/N-ethyl adjacent to an activating group) is 2. The van der Waals surface area contributed by atoms with Crippen molar-refractivity contribution in [3.8, 4) is 0 Å². The van der Waals surface area contributed by atoms with Gasteiger partial charge in [0.25, 0.3) is 0 Å². The van der Waals surface area contributed by atoms with Crippen molar-refractivity contribution in [1.29, 1.82) is 0 Å². The number of carbonyl (C=O) groups is 3. The molecule has 0 heterocycles. The van der Waals surface area contributed by atoms with Gasteiger partial charge in [0, 0.05) is 47.4 Å². The fourth-order valence-electron chi connectivity index (χ4n) is 4.45. The molecule has 4 N–H and O–H groups in total. The van der Waals surface area contributed by atoms with Crippen LogP contribution in [0.3, 0.4) is 0 Å². The number of aliphatic carboxylic acids is 1. The highest BCUT2D eigenvalue weighted by molar-refractivity contribution is 14.1. The fourth-order valence-corrected chi connectivity index (χ4v) is 4.89. The van der Waals surface area contributed by atoms with Crippen LogP contribution in [0.1, 0.15) is 66.5 Å². The maximum atomic E-state index is 13.8. The smallest absolute Gasteiger partial charge is 0.331 e. The number of rotatable bonds is 12. The molecule has 0 radical (unpaired) electrons. The van der Waals surface area contributed by atoms with E-state index in [1.165, 1.54) is 6.92 Å². The van der Waals surface area contributed by atoms with Crippen LogP contribution in [0.2, 0.25) is 0 Å². The van der Waals surface area contributed by atoms with Crippen molar-refractivity contribution in [2.75, 3.05) is 14.1 Å². The highest BCUT2D eigenvalue weighted by Crippen LogP contribution is 2.30. The number of nitrogens with one attached hydrogen (secondary N) is 3. The Bertz CT molecular complexity index is 985. The molecule has 37 heavy (non-hydrogen) atoms. The van der Waals surface area contributed by atoms with E-state index in [-0.39, 0.29) is 23.3 Å². The summed E-state index contributed by atoms with van der Waals surface area (Å²) in [5, 5.41) is 15.6. The Hall–Kier alpha value is -1.98. The first-order chi connectivity index (χ1) is 17.0. The third kappa shape index (κ3) is 8.78. The Morgan fingerprint density at radius 3 is 2.16 bits per heavy atom. The van der Waals surface area contributed by atoms with Crippen molar-refractivity contribution in [2.45, 2.75) is 85.5 Å². The second-order valence-electron chi connectivity index (χ2n) is 11.6. The second kappa shape index (κ2) is 13.7. The van der Waals surface area contributed by atoms with Gasteiger partial charge in [-0.05, 0) is 36.4 Å².